The van der Waals surface area contributed by atoms with Crippen LogP contribution < -0.4 is 15.4 Å². The number of urea groups is 1. The molecule has 0 bridgehead atoms. The van der Waals surface area contributed by atoms with Crippen molar-refractivity contribution >= 4 is 45.8 Å². The summed E-state index contributed by atoms with van der Waals surface area (Å²) in [6.45, 7) is 0.778. The van der Waals surface area contributed by atoms with E-state index in [0.717, 1.165) is 36.7 Å². The molecule has 0 unspecified atom stereocenters. The summed E-state index contributed by atoms with van der Waals surface area (Å²) in [5.74, 6) is 1.17. The van der Waals surface area contributed by atoms with Crippen molar-refractivity contribution in [2.24, 2.45) is 0 Å². The van der Waals surface area contributed by atoms with E-state index in [0.29, 0.717) is 39.2 Å². The molecule has 4 aromatic rings. The summed E-state index contributed by atoms with van der Waals surface area (Å²) in [5, 5.41) is 7.65. The van der Waals surface area contributed by atoms with Crippen molar-refractivity contribution in [1.29, 1.82) is 0 Å². The highest BCUT2D eigenvalue weighted by molar-refractivity contribution is 6.31. The first-order valence-corrected chi connectivity index (χ1v) is 12.3. The summed E-state index contributed by atoms with van der Waals surface area (Å²) < 4.78 is 19.1. The molecule has 0 atom stereocenters. The van der Waals surface area contributed by atoms with E-state index in [1.54, 1.807) is 47.5 Å². The minimum absolute atomic E-state index is 0.168. The highest BCUT2D eigenvalue weighted by Crippen LogP contribution is 2.28. The number of likely N-dealkylation sites (tertiary alicyclic amines) is 1. The molecule has 1 fully saturated rings. The Morgan fingerprint density at radius 3 is 2.51 bits per heavy atom. The van der Waals surface area contributed by atoms with E-state index in [-0.39, 0.29) is 11.9 Å². The number of pyridine rings is 1. The lowest BCUT2D eigenvalue weighted by Gasteiger charge is -2.16. The Kier molecular flexibility index (Phi) is 7.18. The molecule has 37 heavy (non-hydrogen) atoms. The largest absolute Gasteiger partial charge is 0.457 e. The van der Waals surface area contributed by atoms with Crippen LogP contribution >= 0.6 is 11.6 Å². The number of anilines is 2. The average Bonchev–Trinajstić information content (AvgIpc) is 3.45. The van der Waals surface area contributed by atoms with Gasteiger partial charge in [-0.15, -0.1) is 0 Å². The number of hydrogen-bond acceptors (Lipinski definition) is 4. The van der Waals surface area contributed by atoms with E-state index in [4.69, 9.17) is 16.3 Å². The normalized spacial score (nSPS) is 13.0. The number of aromatic nitrogens is 1. The number of fused-ring (bicyclic) bond motifs is 1. The fourth-order valence-electron chi connectivity index (χ4n) is 4.18. The van der Waals surface area contributed by atoms with Gasteiger partial charge in [-0.3, -0.25) is 10.1 Å². The van der Waals surface area contributed by atoms with Gasteiger partial charge in [-0.25, -0.2) is 14.2 Å². The minimum Gasteiger partial charge on any atom is -0.457 e. The van der Waals surface area contributed by atoms with Crippen molar-refractivity contribution in [3.05, 3.63) is 89.1 Å². The van der Waals surface area contributed by atoms with Crippen LogP contribution in [0, 0.1) is 0 Å². The van der Waals surface area contributed by atoms with Gasteiger partial charge < -0.3 is 15.0 Å². The Labute approximate surface area is 218 Å². The van der Waals surface area contributed by atoms with E-state index in [1.807, 2.05) is 24.3 Å². The van der Waals surface area contributed by atoms with Crippen LogP contribution in [0.25, 0.3) is 10.8 Å². The van der Waals surface area contributed by atoms with Gasteiger partial charge in [-0.05, 0) is 72.1 Å². The van der Waals surface area contributed by atoms with Crippen molar-refractivity contribution in [2.75, 3.05) is 23.7 Å². The number of benzene rings is 3. The fraction of sp³-hybridized carbons (Fsp3) is 0.179. The molecule has 1 aromatic heterocycles. The van der Waals surface area contributed by atoms with Gasteiger partial charge in [-0.2, -0.15) is 0 Å². The molecule has 0 radical (unpaired) electrons. The SMILES string of the molecule is O=C(Nc1ccc(Cl)c(CF)c1)c1ccc2ccc(Oc3ccnc(NC(=O)N4CCCC4)c3)cc2c1. The molecular formula is C28H24ClFN4O3. The van der Waals surface area contributed by atoms with Crippen LogP contribution in [0.4, 0.5) is 20.7 Å². The molecule has 2 N–H and O–H groups in total. The highest BCUT2D eigenvalue weighted by Gasteiger charge is 2.18. The zero-order valence-corrected chi connectivity index (χ0v) is 20.6. The zero-order chi connectivity index (χ0) is 25.8. The van der Waals surface area contributed by atoms with E-state index in [1.165, 1.54) is 6.07 Å². The zero-order valence-electron chi connectivity index (χ0n) is 19.8. The summed E-state index contributed by atoms with van der Waals surface area (Å²) >= 11 is 5.96. The molecular weight excluding hydrogens is 495 g/mol. The predicted octanol–water partition coefficient (Wildman–Crippen LogP) is 7.03. The number of alkyl halides is 1. The molecule has 7 nitrogen and oxygen atoms in total. The van der Waals surface area contributed by atoms with Crippen LogP contribution in [0.3, 0.4) is 0 Å². The van der Waals surface area contributed by atoms with Crippen molar-refractivity contribution < 1.29 is 18.7 Å². The second-order valence-electron chi connectivity index (χ2n) is 8.72. The van der Waals surface area contributed by atoms with Crippen molar-refractivity contribution in [3.8, 4) is 11.5 Å². The number of ether oxygens (including phenoxy) is 1. The molecule has 1 saturated heterocycles. The van der Waals surface area contributed by atoms with Gasteiger partial charge in [0, 0.05) is 47.2 Å². The van der Waals surface area contributed by atoms with Crippen LogP contribution in [0.5, 0.6) is 11.5 Å². The van der Waals surface area contributed by atoms with E-state index in [9.17, 15) is 14.0 Å². The first-order valence-electron chi connectivity index (χ1n) is 11.9. The van der Waals surface area contributed by atoms with Gasteiger partial charge in [0.2, 0.25) is 0 Å². The molecule has 2 heterocycles. The number of carbonyl (C=O) groups excluding carboxylic acids is 2. The first-order chi connectivity index (χ1) is 18.0. The third-order valence-corrected chi connectivity index (χ3v) is 6.49. The lowest BCUT2D eigenvalue weighted by molar-refractivity contribution is 0.102. The summed E-state index contributed by atoms with van der Waals surface area (Å²) in [4.78, 5) is 31.2. The smallest absolute Gasteiger partial charge is 0.323 e. The molecule has 5 rings (SSSR count). The Morgan fingerprint density at radius 2 is 1.70 bits per heavy atom. The summed E-state index contributed by atoms with van der Waals surface area (Å²) in [6.07, 6.45) is 3.59. The number of halogens is 2. The third-order valence-electron chi connectivity index (χ3n) is 6.12. The Balaban J connectivity index is 1.30. The molecule has 0 saturated carbocycles. The van der Waals surface area contributed by atoms with E-state index < -0.39 is 6.67 Å². The average molecular weight is 519 g/mol. The second kappa shape index (κ2) is 10.8. The molecule has 0 spiro atoms. The van der Waals surface area contributed by atoms with Gasteiger partial charge in [0.1, 0.15) is 24.0 Å². The Morgan fingerprint density at radius 1 is 0.919 bits per heavy atom. The maximum absolute atomic E-state index is 13.1. The summed E-state index contributed by atoms with van der Waals surface area (Å²) in [6, 6.07) is 18.8. The third kappa shape index (κ3) is 5.81. The molecule has 188 valence electrons. The lowest BCUT2D eigenvalue weighted by atomic mass is 10.1. The number of nitrogens with zero attached hydrogens (tertiary/aromatic N) is 2. The molecule has 0 aliphatic carbocycles. The van der Waals surface area contributed by atoms with Crippen LogP contribution in [-0.2, 0) is 6.67 Å². The predicted molar refractivity (Wildman–Crippen MR) is 142 cm³/mol. The number of carbonyl (C=O) groups is 2. The minimum atomic E-state index is -0.717. The second-order valence-corrected chi connectivity index (χ2v) is 9.13. The topological polar surface area (TPSA) is 83.6 Å². The lowest BCUT2D eigenvalue weighted by Crippen LogP contribution is -2.32. The van der Waals surface area contributed by atoms with Gasteiger partial charge >= 0.3 is 6.03 Å². The van der Waals surface area contributed by atoms with Gasteiger partial charge in [0.15, 0.2) is 0 Å². The summed E-state index contributed by atoms with van der Waals surface area (Å²) in [5.41, 5.74) is 1.22. The van der Waals surface area contributed by atoms with Gasteiger partial charge in [0.25, 0.3) is 5.91 Å². The van der Waals surface area contributed by atoms with Crippen molar-refractivity contribution in [1.82, 2.24) is 9.88 Å². The highest BCUT2D eigenvalue weighted by atomic mass is 35.5. The standard InChI is InChI=1S/C28H24ClFN4O3/c29-25-8-6-22(14-21(25)17-30)32-27(35)19-4-3-18-5-7-23(15-20(18)13-19)37-24-9-10-31-26(16-24)33-28(36)34-11-1-2-12-34/h3-10,13-16H,1-2,11-12,17H2,(H,32,35)(H,31,33,36). The first kappa shape index (κ1) is 24.5. The fourth-order valence-corrected chi connectivity index (χ4v) is 4.34. The van der Waals surface area contributed by atoms with Crippen LogP contribution in [0.15, 0.2) is 72.9 Å². The Hall–Kier alpha value is -4.17. The molecule has 3 aromatic carbocycles. The maximum Gasteiger partial charge on any atom is 0.323 e. The van der Waals surface area contributed by atoms with Crippen LogP contribution in [0.1, 0.15) is 28.8 Å². The number of nitrogens with one attached hydrogen (secondary N) is 2. The van der Waals surface area contributed by atoms with Crippen LogP contribution in [-0.4, -0.2) is 34.9 Å². The quantitative estimate of drug-likeness (QED) is 0.287. The van der Waals surface area contributed by atoms with Gasteiger partial charge in [-0.1, -0.05) is 23.7 Å². The van der Waals surface area contributed by atoms with Gasteiger partial charge in [0.05, 0.1) is 0 Å². The van der Waals surface area contributed by atoms with Crippen LogP contribution in [0.2, 0.25) is 5.02 Å². The number of hydrogen-bond donors (Lipinski definition) is 2. The monoisotopic (exact) mass is 518 g/mol. The number of amides is 3. The molecule has 1 aliphatic rings. The maximum atomic E-state index is 13.1. The summed E-state index contributed by atoms with van der Waals surface area (Å²) in [7, 11) is 0. The molecule has 9 heteroatoms. The molecule has 3 amide bonds. The van der Waals surface area contributed by atoms with Crippen molar-refractivity contribution in [3.63, 3.8) is 0 Å². The van der Waals surface area contributed by atoms with Crippen molar-refractivity contribution in [2.45, 2.75) is 19.5 Å². The number of rotatable bonds is 6. The Bertz CT molecular complexity index is 1470. The van der Waals surface area contributed by atoms with E-state index >= 15 is 0 Å². The van der Waals surface area contributed by atoms with E-state index in [2.05, 4.69) is 15.6 Å². The molecule has 1 aliphatic heterocycles.